The van der Waals surface area contributed by atoms with Crippen molar-refractivity contribution in [3.63, 3.8) is 0 Å². The summed E-state index contributed by atoms with van der Waals surface area (Å²) in [6.07, 6.45) is -0.180. The molecular formula is C24H21F5N6O2. The lowest BCUT2D eigenvalue weighted by Crippen LogP contribution is -2.46. The summed E-state index contributed by atoms with van der Waals surface area (Å²) in [4.78, 5) is 30.8. The smallest absolute Gasteiger partial charge is 0.346 e. The Hall–Kier alpha value is -4.29. The van der Waals surface area contributed by atoms with Gasteiger partial charge < -0.3 is 15.6 Å². The average Bonchev–Trinajstić information content (AvgIpc) is 3.49. The molecule has 4 rings (SSSR count). The van der Waals surface area contributed by atoms with Crippen molar-refractivity contribution in [3.8, 4) is 0 Å². The summed E-state index contributed by atoms with van der Waals surface area (Å²) in [6.45, 7) is 1.90. The Bertz CT molecular complexity index is 1410. The summed E-state index contributed by atoms with van der Waals surface area (Å²) in [7, 11) is 0. The molecule has 0 saturated heterocycles. The molecule has 0 saturated carbocycles. The molecule has 3 N–H and O–H groups in total. The topological polar surface area (TPSA) is 105 Å². The largest absolute Gasteiger partial charge is 0.416 e. The van der Waals surface area contributed by atoms with Crippen molar-refractivity contribution in [1.29, 1.82) is 0 Å². The van der Waals surface area contributed by atoms with E-state index in [0.717, 1.165) is 12.1 Å². The molecule has 0 aliphatic carbocycles. The number of aromatic nitrogens is 4. The molecule has 0 bridgehead atoms. The van der Waals surface area contributed by atoms with Crippen LogP contribution in [0.15, 0.2) is 61.1 Å². The first-order valence-corrected chi connectivity index (χ1v) is 11.0. The first-order valence-electron chi connectivity index (χ1n) is 11.0. The fourth-order valence-electron chi connectivity index (χ4n) is 3.86. The Balaban J connectivity index is 1.70. The van der Waals surface area contributed by atoms with Gasteiger partial charge in [0.2, 0.25) is 0 Å². The number of rotatable bonds is 7. The summed E-state index contributed by atoms with van der Waals surface area (Å²) in [5.74, 6) is -5.56. The molecule has 2 heterocycles. The van der Waals surface area contributed by atoms with Gasteiger partial charge in [0.25, 0.3) is 11.8 Å². The number of imidazole rings is 1. The Morgan fingerprint density at radius 1 is 1.05 bits per heavy atom. The minimum atomic E-state index is -4.56. The Labute approximate surface area is 206 Å². The van der Waals surface area contributed by atoms with E-state index >= 15 is 0 Å². The van der Waals surface area contributed by atoms with E-state index < -0.39 is 41.6 Å². The number of nitrogens with one attached hydrogen (secondary N) is 3. The number of aromatic amines is 1. The number of carbonyl (C=O) groups excluding carboxylic acids is 2. The summed E-state index contributed by atoms with van der Waals surface area (Å²) in [6, 6.07) is 7.06. The highest BCUT2D eigenvalue weighted by atomic mass is 19.4. The van der Waals surface area contributed by atoms with Crippen molar-refractivity contribution >= 4 is 28.4 Å². The fraction of sp³-hybridized carbons (Fsp3) is 0.250. The standard InChI is InChI=1S/C24H21F5N6O2/c1-13(33-22(37)23(2,25)26)19(14-3-5-16(6-4-14)24(27,28)29)35-18-8-7-17(11-15(18)12-32-35)34-21(36)20-30-9-10-31-20/h3-13,19H,1-2H3,(H,30,31)(H,33,37)(H,34,36)/t13-,19-/m0/s1. The van der Waals surface area contributed by atoms with Gasteiger partial charge in [0.05, 0.1) is 29.4 Å². The van der Waals surface area contributed by atoms with Crippen LogP contribution in [-0.2, 0) is 11.0 Å². The second-order valence-electron chi connectivity index (χ2n) is 8.47. The molecule has 37 heavy (non-hydrogen) atoms. The van der Waals surface area contributed by atoms with Crippen LogP contribution in [0.5, 0.6) is 0 Å². The lowest BCUT2D eigenvalue weighted by Gasteiger charge is -2.28. The molecule has 2 atom stereocenters. The summed E-state index contributed by atoms with van der Waals surface area (Å²) in [5, 5.41) is 9.78. The number of H-pyrrole nitrogens is 1. The zero-order chi connectivity index (χ0) is 27.0. The van der Waals surface area contributed by atoms with Crippen molar-refractivity contribution < 1.29 is 31.5 Å². The van der Waals surface area contributed by atoms with E-state index in [9.17, 15) is 31.5 Å². The van der Waals surface area contributed by atoms with E-state index in [1.165, 1.54) is 42.3 Å². The van der Waals surface area contributed by atoms with E-state index in [0.29, 0.717) is 29.1 Å². The highest BCUT2D eigenvalue weighted by Gasteiger charge is 2.36. The lowest BCUT2D eigenvalue weighted by atomic mass is 9.98. The molecule has 2 aromatic carbocycles. The second kappa shape index (κ2) is 9.64. The minimum Gasteiger partial charge on any atom is -0.346 e. The quantitative estimate of drug-likeness (QED) is 0.305. The number of halogens is 5. The van der Waals surface area contributed by atoms with Gasteiger partial charge in [-0.1, -0.05) is 12.1 Å². The summed E-state index contributed by atoms with van der Waals surface area (Å²) in [5.41, 5.74) is 0.339. The third-order valence-corrected chi connectivity index (χ3v) is 5.64. The molecule has 2 amide bonds. The highest BCUT2D eigenvalue weighted by molar-refractivity contribution is 6.02. The van der Waals surface area contributed by atoms with Gasteiger partial charge in [0.1, 0.15) is 0 Å². The van der Waals surface area contributed by atoms with Crippen molar-refractivity contribution in [2.24, 2.45) is 0 Å². The molecule has 0 spiro atoms. The molecule has 0 aliphatic rings. The zero-order valence-electron chi connectivity index (χ0n) is 19.5. The van der Waals surface area contributed by atoms with Crippen LogP contribution in [0.1, 0.15) is 41.6 Å². The number of alkyl halides is 5. The van der Waals surface area contributed by atoms with E-state index in [4.69, 9.17) is 0 Å². The van der Waals surface area contributed by atoms with Crippen LogP contribution in [0.3, 0.4) is 0 Å². The van der Waals surface area contributed by atoms with E-state index in [-0.39, 0.29) is 5.82 Å². The number of hydrogen-bond acceptors (Lipinski definition) is 4. The number of hydrogen-bond donors (Lipinski definition) is 3. The molecule has 8 nitrogen and oxygen atoms in total. The van der Waals surface area contributed by atoms with Gasteiger partial charge in [0.15, 0.2) is 5.82 Å². The molecule has 0 fully saturated rings. The monoisotopic (exact) mass is 520 g/mol. The van der Waals surface area contributed by atoms with Crippen LogP contribution in [0.25, 0.3) is 10.9 Å². The predicted octanol–water partition coefficient (Wildman–Crippen LogP) is 4.78. The number of carbonyl (C=O) groups is 2. The van der Waals surface area contributed by atoms with Crippen molar-refractivity contribution in [3.05, 3.63) is 78.0 Å². The normalized spacial score (nSPS) is 13.8. The maximum absolute atomic E-state index is 13.6. The number of nitrogens with zero attached hydrogens (tertiary/aromatic N) is 3. The predicted molar refractivity (Wildman–Crippen MR) is 124 cm³/mol. The number of amides is 2. The van der Waals surface area contributed by atoms with Crippen LogP contribution in [0.2, 0.25) is 0 Å². The zero-order valence-corrected chi connectivity index (χ0v) is 19.5. The van der Waals surface area contributed by atoms with Crippen LogP contribution in [0.4, 0.5) is 27.6 Å². The molecule has 0 unspecified atom stereocenters. The number of fused-ring (bicyclic) bond motifs is 1. The van der Waals surface area contributed by atoms with Crippen molar-refractivity contribution in [2.45, 2.75) is 38.0 Å². The fourth-order valence-corrected chi connectivity index (χ4v) is 3.86. The first kappa shape index (κ1) is 25.8. The third-order valence-electron chi connectivity index (χ3n) is 5.64. The minimum absolute atomic E-state index is 0.107. The average molecular weight is 520 g/mol. The summed E-state index contributed by atoms with van der Waals surface area (Å²) < 4.78 is 67.8. The third kappa shape index (κ3) is 5.60. The van der Waals surface area contributed by atoms with Gasteiger partial charge >= 0.3 is 12.1 Å². The number of benzene rings is 2. The molecule has 4 aromatic rings. The highest BCUT2D eigenvalue weighted by Crippen LogP contribution is 2.33. The van der Waals surface area contributed by atoms with Gasteiger partial charge in [-0.3, -0.25) is 14.3 Å². The van der Waals surface area contributed by atoms with Gasteiger partial charge in [-0.15, -0.1) is 0 Å². The van der Waals surface area contributed by atoms with Crippen LogP contribution < -0.4 is 10.6 Å². The van der Waals surface area contributed by atoms with E-state index in [1.54, 1.807) is 18.2 Å². The van der Waals surface area contributed by atoms with Gasteiger partial charge in [-0.25, -0.2) is 4.98 Å². The van der Waals surface area contributed by atoms with Crippen LogP contribution in [0, 0.1) is 0 Å². The van der Waals surface area contributed by atoms with Crippen LogP contribution in [-0.4, -0.2) is 43.5 Å². The molecular weight excluding hydrogens is 499 g/mol. The second-order valence-corrected chi connectivity index (χ2v) is 8.47. The van der Waals surface area contributed by atoms with Gasteiger partial charge in [-0.05, 0) is 42.8 Å². The first-order chi connectivity index (χ1) is 17.3. The van der Waals surface area contributed by atoms with Gasteiger partial charge in [-0.2, -0.15) is 27.1 Å². The van der Waals surface area contributed by atoms with Crippen molar-refractivity contribution in [1.82, 2.24) is 25.1 Å². The Kier molecular flexibility index (Phi) is 6.72. The van der Waals surface area contributed by atoms with Gasteiger partial charge in [0, 0.05) is 30.4 Å². The molecule has 0 radical (unpaired) electrons. The molecule has 194 valence electrons. The Morgan fingerprint density at radius 2 is 1.76 bits per heavy atom. The molecule has 0 aliphatic heterocycles. The maximum Gasteiger partial charge on any atom is 0.416 e. The summed E-state index contributed by atoms with van der Waals surface area (Å²) >= 11 is 0. The molecule has 13 heteroatoms. The van der Waals surface area contributed by atoms with E-state index in [1.807, 2.05) is 0 Å². The van der Waals surface area contributed by atoms with E-state index in [2.05, 4.69) is 25.7 Å². The lowest BCUT2D eigenvalue weighted by molar-refractivity contribution is -0.144. The Morgan fingerprint density at radius 3 is 2.35 bits per heavy atom. The molecule has 2 aromatic heterocycles. The van der Waals surface area contributed by atoms with Crippen LogP contribution >= 0.6 is 0 Å². The maximum atomic E-state index is 13.6. The number of anilines is 1. The SMILES string of the molecule is C[C@H](NC(=O)C(C)(F)F)[C@@H](c1ccc(C(F)(F)F)cc1)n1ncc2cc(NC(=O)c3ncc[nH]3)ccc21. The van der Waals surface area contributed by atoms with Crippen molar-refractivity contribution in [2.75, 3.05) is 5.32 Å².